The molecule has 0 aliphatic carbocycles. The second-order valence-corrected chi connectivity index (χ2v) is 8.05. The van der Waals surface area contributed by atoms with Crippen molar-refractivity contribution in [2.75, 3.05) is 27.2 Å². The molecular formula is C15H21FN2O4S. The predicted octanol–water partition coefficient (Wildman–Crippen LogP) is 1.33. The number of morpholine rings is 1. The van der Waals surface area contributed by atoms with E-state index in [2.05, 4.69) is 0 Å². The molecule has 8 heteroatoms. The number of carbonyl (C=O) groups is 1. The first-order valence-corrected chi connectivity index (χ1v) is 8.73. The van der Waals surface area contributed by atoms with Crippen molar-refractivity contribution in [1.82, 2.24) is 9.21 Å². The average Bonchev–Trinajstić information content (AvgIpc) is 2.45. The van der Waals surface area contributed by atoms with E-state index in [0.717, 1.165) is 22.5 Å². The Labute approximate surface area is 135 Å². The minimum atomic E-state index is -3.73. The van der Waals surface area contributed by atoms with E-state index in [4.69, 9.17) is 4.74 Å². The SMILES string of the molecule is CC1CN(C(=O)c2cc(S(=O)(=O)N(C)C)ccc2F)CC(C)O1. The highest BCUT2D eigenvalue weighted by Gasteiger charge is 2.29. The molecule has 1 aromatic carbocycles. The van der Waals surface area contributed by atoms with Crippen LogP contribution in [0.2, 0.25) is 0 Å². The molecule has 0 bridgehead atoms. The van der Waals surface area contributed by atoms with Gasteiger partial charge in [-0.05, 0) is 32.0 Å². The van der Waals surface area contributed by atoms with Gasteiger partial charge >= 0.3 is 0 Å². The first-order chi connectivity index (χ1) is 10.6. The van der Waals surface area contributed by atoms with Gasteiger partial charge in [-0.1, -0.05) is 0 Å². The van der Waals surface area contributed by atoms with E-state index in [1.807, 2.05) is 13.8 Å². The van der Waals surface area contributed by atoms with Crippen molar-refractivity contribution in [3.8, 4) is 0 Å². The fraction of sp³-hybridized carbons (Fsp3) is 0.533. The molecule has 1 saturated heterocycles. The summed E-state index contributed by atoms with van der Waals surface area (Å²) in [4.78, 5) is 14.0. The summed E-state index contributed by atoms with van der Waals surface area (Å²) >= 11 is 0. The van der Waals surface area contributed by atoms with Gasteiger partial charge in [-0.3, -0.25) is 4.79 Å². The molecule has 0 aromatic heterocycles. The second-order valence-electron chi connectivity index (χ2n) is 5.90. The van der Waals surface area contributed by atoms with E-state index in [-0.39, 0.29) is 22.7 Å². The fourth-order valence-corrected chi connectivity index (χ4v) is 3.48. The summed E-state index contributed by atoms with van der Waals surface area (Å²) in [6, 6.07) is 3.26. The first kappa shape index (κ1) is 17.8. The maximum Gasteiger partial charge on any atom is 0.257 e. The number of halogens is 1. The molecule has 0 spiro atoms. The Morgan fingerprint density at radius 1 is 1.26 bits per heavy atom. The average molecular weight is 344 g/mol. The number of sulfonamides is 1. The van der Waals surface area contributed by atoms with E-state index in [9.17, 15) is 17.6 Å². The molecule has 2 atom stereocenters. The number of amides is 1. The summed E-state index contributed by atoms with van der Waals surface area (Å²) < 4.78 is 45.0. The third-order valence-corrected chi connectivity index (χ3v) is 5.46. The molecule has 0 radical (unpaired) electrons. The fourth-order valence-electron chi connectivity index (χ4n) is 2.55. The van der Waals surface area contributed by atoms with Crippen LogP contribution in [-0.4, -0.2) is 62.9 Å². The normalized spacial score (nSPS) is 22.4. The summed E-state index contributed by atoms with van der Waals surface area (Å²) in [6.07, 6.45) is -0.307. The number of benzene rings is 1. The van der Waals surface area contributed by atoms with Crippen molar-refractivity contribution >= 4 is 15.9 Å². The molecule has 128 valence electrons. The van der Waals surface area contributed by atoms with Gasteiger partial charge in [0.2, 0.25) is 10.0 Å². The number of hydrogen-bond acceptors (Lipinski definition) is 4. The lowest BCUT2D eigenvalue weighted by atomic mass is 10.1. The van der Waals surface area contributed by atoms with E-state index in [0.29, 0.717) is 13.1 Å². The monoisotopic (exact) mass is 344 g/mol. The first-order valence-electron chi connectivity index (χ1n) is 7.29. The van der Waals surface area contributed by atoms with Gasteiger partial charge in [0.1, 0.15) is 5.82 Å². The van der Waals surface area contributed by atoms with Crippen molar-refractivity contribution in [3.63, 3.8) is 0 Å². The van der Waals surface area contributed by atoms with Crippen molar-refractivity contribution in [1.29, 1.82) is 0 Å². The third-order valence-electron chi connectivity index (χ3n) is 3.65. The Hall–Kier alpha value is -1.51. The standard InChI is InChI=1S/C15H21FN2O4S/c1-10-8-18(9-11(2)22-10)15(19)13-7-12(5-6-14(13)16)23(20,21)17(3)4/h5-7,10-11H,8-9H2,1-4H3. The highest BCUT2D eigenvalue weighted by Crippen LogP contribution is 2.21. The van der Waals surface area contributed by atoms with Crippen LogP contribution < -0.4 is 0 Å². The molecule has 0 saturated carbocycles. The lowest BCUT2D eigenvalue weighted by Gasteiger charge is -2.35. The van der Waals surface area contributed by atoms with Gasteiger partial charge in [0.05, 0.1) is 22.7 Å². The van der Waals surface area contributed by atoms with Crippen LogP contribution in [0.15, 0.2) is 23.1 Å². The lowest BCUT2D eigenvalue weighted by molar-refractivity contribution is -0.0587. The van der Waals surface area contributed by atoms with Crippen LogP contribution in [0.3, 0.4) is 0 Å². The van der Waals surface area contributed by atoms with Gasteiger partial charge in [0.15, 0.2) is 0 Å². The van der Waals surface area contributed by atoms with Gasteiger partial charge < -0.3 is 9.64 Å². The smallest absolute Gasteiger partial charge is 0.257 e. The molecule has 1 heterocycles. The topological polar surface area (TPSA) is 66.9 Å². The number of ether oxygens (including phenoxy) is 1. The maximum atomic E-state index is 14.1. The van der Waals surface area contributed by atoms with Crippen molar-refractivity contribution in [2.24, 2.45) is 0 Å². The zero-order valence-corrected chi connectivity index (χ0v) is 14.4. The summed E-state index contributed by atoms with van der Waals surface area (Å²) in [5.41, 5.74) is -0.241. The van der Waals surface area contributed by atoms with Crippen LogP contribution in [0.1, 0.15) is 24.2 Å². The summed E-state index contributed by atoms with van der Waals surface area (Å²) in [5, 5.41) is 0. The van der Waals surface area contributed by atoms with Gasteiger partial charge in [-0.15, -0.1) is 0 Å². The Kier molecular flexibility index (Phi) is 5.07. The zero-order valence-electron chi connectivity index (χ0n) is 13.6. The molecule has 23 heavy (non-hydrogen) atoms. The van der Waals surface area contributed by atoms with E-state index in [1.165, 1.54) is 19.0 Å². The minimum Gasteiger partial charge on any atom is -0.372 e. The molecule has 1 aromatic rings. The molecule has 2 rings (SSSR count). The molecule has 1 amide bonds. The van der Waals surface area contributed by atoms with E-state index < -0.39 is 21.7 Å². The molecular weight excluding hydrogens is 323 g/mol. The zero-order chi connectivity index (χ0) is 17.4. The second kappa shape index (κ2) is 6.54. The lowest BCUT2D eigenvalue weighted by Crippen LogP contribution is -2.48. The van der Waals surface area contributed by atoms with Crippen molar-refractivity contribution in [2.45, 2.75) is 31.0 Å². The maximum absolute atomic E-state index is 14.1. The van der Waals surface area contributed by atoms with Crippen molar-refractivity contribution < 1.29 is 22.3 Å². The van der Waals surface area contributed by atoms with Crippen LogP contribution in [0, 0.1) is 5.82 Å². The van der Waals surface area contributed by atoms with E-state index in [1.54, 1.807) is 0 Å². The number of carbonyl (C=O) groups excluding carboxylic acids is 1. The third kappa shape index (κ3) is 3.70. The molecule has 1 fully saturated rings. The van der Waals surface area contributed by atoms with Crippen LogP contribution in [0.4, 0.5) is 4.39 Å². The van der Waals surface area contributed by atoms with Gasteiger partial charge in [-0.2, -0.15) is 0 Å². The van der Waals surface area contributed by atoms with Crippen LogP contribution in [0.5, 0.6) is 0 Å². The van der Waals surface area contributed by atoms with Crippen LogP contribution in [0.25, 0.3) is 0 Å². The quantitative estimate of drug-likeness (QED) is 0.830. The summed E-state index contributed by atoms with van der Waals surface area (Å²) in [5.74, 6) is -1.26. The molecule has 0 N–H and O–H groups in total. The molecule has 1 aliphatic rings. The highest BCUT2D eigenvalue weighted by atomic mass is 32.2. The number of hydrogen-bond donors (Lipinski definition) is 0. The summed E-state index contributed by atoms with van der Waals surface area (Å²) in [7, 11) is -0.970. The number of nitrogens with zero attached hydrogens (tertiary/aromatic N) is 2. The molecule has 2 unspecified atom stereocenters. The van der Waals surface area contributed by atoms with Gasteiger partial charge in [-0.25, -0.2) is 17.1 Å². The Morgan fingerprint density at radius 2 is 1.83 bits per heavy atom. The predicted molar refractivity (Wildman–Crippen MR) is 83.2 cm³/mol. The summed E-state index contributed by atoms with van der Waals surface area (Å²) in [6.45, 7) is 4.35. The van der Waals surface area contributed by atoms with Gasteiger partial charge in [0, 0.05) is 27.2 Å². The molecule has 1 aliphatic heterocycles. The van der Waals surface area contributed by atoms with Crippen LogP contribution in [-0.2, 0) is 14.8 Å². The number of rotatable bonds is 3. The Bertz CT molecular complexity index is 695. The van der Waals surface area contributed by atoms with E-state index >= 15 is 0 Å². The minimum absolute atomic E-state index is 0.110. The highest BCUT2D eigenvalue weighted by molar-refractivity contribution is 7.89. The largest absolute Gasteiger partial charge is 0.372 e. The van der Waals surface area contributed by atoms with Gasteiger partial charge in [0.25, 0.3) is 5.91 Å². The van der Waals surface area contributed by atoms with Crippen molar-refractivity contribution in [3.05, 3.63) is 29.6 Å². The Morgan fingerprint density at radius 3 is 2.35 bits per heavy atom. The van der Waals surface area contributed by atoms with Crippen LogP contribution >= 0.6 is 0 Å². The Balaban J connectivity index is 2.37. The molecule has 6 nitrogen and oxygen atoms in total.